The molecule has 0 aromatic heterocycles. The average molecular weight is 212 g/mol. The topological polar surface area (TPSA) is 17.1 Å². The number of ketones is 1. The molecule has 1 fully saturated rings. The monoisotopic (exact) mass is 212 g/mol. The molecule has 0 saturated heterocycles. The fraction of sp³-hybridized carbons (Fsp3) is 0.889. The highest BCUT2D eigenvalue weighted by Crippen LogP contribution is 2.34. The van der Waals surface area contributed by atoms with E-state index in [0.29, 0.717) is 19.3 Å². The first-order valence-corrected chi connectivity index (χ1v) is 4.62. The van der Waals surface area contributed by atoms with Gasteiger partial charge in [0.05, 0.1) is 0 Å². The standard InChI is InChI=1S/C9H12F4O/c10-8(11)9(12,13)5-6-3-1-2-4-7(6)14/h6,8H,1-5H2. The minimum atomic E-state index is -4.02. The largest absolute Gasteiger partial charge is 0.308 e. The molecule has 0 spiro atoms. The molecule has 1 rings (SSSR count). The van der Waals surface area contributed by atoms with Crippen molar-refractivity contribution in [2.24, 2.45) is 5.92 Å². The van der Waals surface area contributed by atoms with E-state index in [1.807, 2.05) is 0 Å². The minimum Gasteiger partial charge on any atom is -0.299 e. The molecule has 1 unspecified atom stereocenters. The Balaban J connectivity index is 2.53. The second-order valence-corrected chi connectivity index (χ2v) is 3.67. The van der Waals surface area contributed by atoms with Gasteiger partial charge in [0, 0.05) is 18.8 Å². The summed E-state index contributed by atoms with van der Waals surface area (Å²) in [4.78, 5) is 11.1. The number of Topliss-reactive ketones (excluding diaryl/α,β-unsaturated/α-hetero) is 1. The number of carbonyl (C=O) groups excluding carboxylic acids is 1. The van der Waals surface area contributed by atoms with Gasteiger partial charge < -0.3 is 0 Å². The van der Waals surface area contributed by atoms with E-state index in [1.165, 1.54) is 0 Å². The van der Waals surface area contributed by atoms with Crippen LogP contribution in [0.2, 0.25) is 0 Å². The van der Waals surface area contributed by atoms with Crippen molar-refractivity contribution >= 4 is 5.78 Å². The lowest BCUT2D eigenvalue weighted by Crippen LogP contribution is -2.33. The van der Waals surface area contributed by atoms with Crippen LogP contribution in [-0.4, -0.2) is 18.1 Å². The molecule has 1 nitrogen and oxygen atoms in total. The smallest absolute Gasteiger partial charge is 0.299 e. The predicted molar refractivity (Wildman–Crippen MR) is 42.5 cm³/mol. The lowest BCUT2D eigenvalue weighted by atomic mass is 9.84. The minimum absolute atomic E-state index is 0.254. The number of alkyl halides is 4. The highest BCUT2D eigenvalue weighted by molar-refractivity contribution is 5.81. The van der Waals surface area contributed by atoms with Crippen molar-refractivity contribution in [2.45, 2.75) is 44.5 Å². The summed E-state index contributed by atoms with van der Waals surface area (Å²) in [5.74, 6) is -5.18. The van der Waals surface area contributed by atoms with Crippen LogP contribution in [0.4, 0.5) is 17.6 Å². The molecule has 1 saturated carbocycles. The molecule has 14 heavy (non-hydrogen) atoms. The maximum absolute atomic E-state index is 12.6. The molecule has 0 amide bonds. The van der Waals surface area contributed by atoms with Gasteiger partial charge in [-0.25, -0.2) is 17.6 Å². The van der Waals surface area contributed by atoms with Crippen LogP contribution in [-0.2, 0) is 4.79 Å². The van der Waals surface area contributed by atoms with Crippen LogP contribution in [0.15, 0.2) is 0 Å². The summed E-state index contributed by atoms with van der Waals surface area (Å²) in [6.45, 7) is 0. The molecule has 0 heterocycles. The summed E-state index contributed by atoms with van der Waals surface area (Å²) < 4.78 is 48.9. The van der Waals surface area contributed by atoms with Crippen molar-refractivity contribution in [1.82, 2.24) is 0 Å². The zero-order valence-corrected chi connectivity index (χ0v) is 7.61. The fourth-order valence-corrected chi connectivity index (χ4v) is 1.69. The number of hydrogen-bond donors (Lipinski definition) is 0. The third-order valence-corrected chi connectivity index (χ3v) is 2.52. The van der Waals surface area contributed by atoms with Crippen LogP contribution in [0.5, 0.6) is 0 Å². The fourth-order valence-electron chi connectivity index (χ4n) is 1.69. The molecular weight excluding hydrogens is 200 g/mol. The van der Waals surface area contributed by atoms with Gasteiger partial charge in [-0.05, 0) is 12.8 Å². The molecule has 5 heteroatoms. The molecule has 0 aromatic rings. The molecule has 0 radical (unpaired) electrons. The first-order chi connectivity index (χ1) is 6.43. The third kappa shape index (κ3) is 2.69. The quantitative estimate of drug-likeness (QED) is 0.657. The maximum atomic E-state index is 12.6. The van der Waals surface area contributed by atoms with Gasteiger partial charge >= 0.3 is 12.3 Å². The zero-order chi connectivity index (χ0) is 10.8. The van der Waals surface area contributed by atoms with E-state index in [9.17, 15) is 22.4 Å². The van der Waals surface area contributed by atoms with Gasteiger partial charge in [-0.15, -0.1) is 0 Å². The number of carbonyl (C=O) groups is 1. The van der Waals surface area contributed by atoms with E-state index >= 15 is 0 Å². The lowest BCUT2D eigenvalue weighted by Gasteiger charge is -2.24. The number of rotatable bonds is 3. The molecule has 82 valence electrons. The summed E-state index contributed by atoms with van der Waals surface area (Å²) >= 11 is 0. The Kier molecular flexibility index (Phi) is 3.50. The van der Waals surface area contributed by atoms with Crippen LogP contribution in [0.3, 0.4) is 0 Å². The van der Waals surface area contributed by atoms with Gasteiger partial charge in [0.2, 0.25) is 0 Å². The van der Waals surface area contributed by atoms with Gasteiger partial charge in [0.25, 0.3) is 0 Å². The highest BCUT2D eigenvalue weighted by Gasteiger charge is 2.44. The first kappa shape index (κ1) is 11.5. The van der Waals surface area contributed by atoms with E-state index in [2.05, 4.69) is 0 Å². The predicted octanol–water partition coefficient (Wildman–Crippen LogP) is 3.04. The third-order valence-electron chi connectivity index (χ3n) is 2.52. The van der Waals surface area contributed by atoms with Gasteiger partial charge in [-0.2, -0.15) is 0 Å². The molecule has 0 N–H and O–H groups in total. The Hall–Kier alpha value is -0.610. The van der Waals surface area contributed by atoms with Crippen LogP contribution < -0.4 is 0 Å². The molecular formula is C9H12F4O. The van der Waals surface area contributed by atoms with Gasteiger partial charge in [-0.1, -0.05) is 6.42 Å². The maximum Gasteiger partial charge on any atom is 0.308 e. The summed E-state index contributed by atoms with van der Waals surface area (Å²) in [6.07, 6.45) is -2.72. The van der Waals surface area contributed by atoms with Crippen molar-refractivity contribution < 1.29 is 22.4 Å². The van der Waals surface area contributed by atoms with Crippen molar-refractivity contribution in [3.8, 4) is 0 Å². The summed E-state index contributed by atoms with van der Waals surface area (Å²) in [5, 5.41) is 0. The van der Waals surface area contributed by atoms with E-state index in [1.54, 1.807) is 0 Å². The van der Waals surface area contributed by atoms with Crippen molar-refractivity contribution in [1.29, 1.82) is 0 Å². The van der Waals surface area contributed by atoms with Crippen molar-refractivity contribution in [3.05, 3.63) is 0 Å². The highest BCUT2D eigenvalue weighted by atomic mass is 19.3. The first-order valence-electron chi connectivity index (χ1n) is 4.62. The van der Waals surface area contributed by atoms with Gasteiger partial charge in [0.15, 0.2) is 0 Å². The van der Waals surface area contributed by atoms with E-state index in [4.69, 9.17) is 0 Å². The van der Waals surface area contributed by atoms with Crippen LogP contribution in [0, 0.1) is 5.92 Å². The van der Waals surface area contributed by atoms with Crippen molar-refractivity contribution in [3.63, 3.8) is 0 Å². The second kappa shape index (κ2) is 4.28. The summed E-state index contributed by atoms with van der Waals surface area (Å²) in [5.41, 5.74) is 0. The molecule has 1 aliphatic carbocycles. The Bertz CT molecular complexity index is 215. The van der Waals surface area contributed by atoms with E-state index < -0.39 is 24.7 Å². The molecule has 0 aliphatic heterocycles. The summed E-state index contributed by atoms with van der Waals surface area (Å²) in [7, 11) is 0. The summed E-state index contributed by atoms with van der Waals surface area (Å²) in [6, 6.07) is 0. The Morgan fingerprint density at radius 3 is 2.50 bits per heavy atom. The van der Waals surface area contributed by atoms with Crippen LogP contribution >= 0.6 is 0 Å². The van der Waals surface area contributed by atoms with Crippen LogP contribution in [0.1, 0.15) is 32.1 Å². The molecule has 1 atom stereocenters. The van der Waals surface area contributed by atoms with Gasteiger partial charge in [0.1, 0.15) is 5.78 Å². The molecule has 0 bridgehead atoms. The zero-order valence-electron chi connectivity index (χ0n) is 7.61. The molecule has 0 aromatic carbocycles. The Morgan fingerprint density at radius 1 is 1.36 bits per heavy atom. The number of hydrogen-bond acceptors (Lipinski definition) is 1. The van der Waals surface area contributed by atoms with Gasteiger partial charge in [-0.3, -0.25) is 4.79 Å². The second-order valence-electron chi connectivity index (χ2n) is 3.67. The van der Waals surface area contributed by atoms with Crippen LogP contribution in [0.25, 0.3) is 0 Å². The Morgan fingerprint density at radius 2 is 2.00 bits per heavy atom. The average Bonchev–Trinajstić information content (AvgIpc) is 2.08. The van der Waals surface area contributed by atoms with E-state index in [-0.39, 0.29) is 12.2 Å². The van der Waals surface area contributed by atoms with E-state index in [0.717, 1.165) is 0 Å². The van der Waals surface area contributed by atoms with Crippen molar-refractivity contribution in [2.75, 3.05) is 0 Å². The Labute approximate surface area is 79.5 Å². The normalized spacial score (nSPS) is 24.4. The SMILES string of the molecule is O=C1CCCCC1CC(F)(F)C(F)F. The number of halogens is 4. The lowest BCUT2D eigenvalue weighted by molar-refractivity contribution is -0.150. The molecule has 1 aliphatic rings.